The van der Waals surface area contributed by atoms with Crippen molar-refractivity contribution in [2.75, 3.05) is 17.2 Å². The molecule has 0 bridgehead atoms. The molecule has 0 aromatic heterocycles. The number of aliphatic carboxylic acids is 1. The number of nitrogens with zero attached hydrogens (tertiary/aromatic N) is 1. The number of likely N-dealkylation sites (tertiary alicyclic amines) is 1. The minimum Gasteiger partial charge on any atom is -0.481 e. The quantitative estimate of drug-likeness (QED) is 0.397. The number of benzene rings is 2. The van der Waals surface area contributed by atoms with Crippen molar-refractivity contribution in [2.45, 2.75) is 65.0 Å². The molecule has 198 valence electrons. The van der Waals surface area contributed by atoms with E-state index in [0.717, 1.165) is 23.2 Å². The van der Waals surface area contributed by atoms with Crippen LogP contribution in [0.15, 0.2) is 48.5 Å². The normalized spacial score (nSPS) is 16.6. The lowest BCUT2D eigenvalue weighted by atomic mass is 9.85. The lowest BCUT2D eigenvalue weighted by Gasteiger charge is -2.44. The smallest absolute Gasteiger partial charge is 0.323 e. The summed E-state index contributed by atoms with van der Waals surface area (Å²) in [5.41, 5.74) is 2.61. The van der Waals surface area contributed by atoms with Crippen molar-refractivity contribution in [3.8, 4) is 0 Å². The summed E-state index contributed by atoms with van der Waals surface area (Å²) in [5, 5.41) is 17.2. The minimum atomic E-state index is -0.984. The maximum absolute atomic E-state index is 13.3. The molecule has 2 aromatic rings. The number of amides is 4. The Hall–Kier alpha value is -3.88. The lowest BCUT2D eigenvalue weighted by Crippen LogP contribution is -2.52. The number of carboxylic acid groups (broad SMARTS) is 1. The van der Waals surface area contributed by atoms with Crippen molar-refractivity contribution in [3.05, 3.63) is 59.7 Å². The van der Waals surface area contributed by atoms with E-state index >= 15 is 0 Å². The first-order valence-corrected chi connectivity index (χ1v) is 12.5. The Morgan fingerprint density at radius 1 is 1.08 bits per heavy atom. The first-order chi connectivity index (χ1) is 17.5. The van der Waals surface area contributed by atoms with E-state index in [4.69, 9.17) is 5.11 Å². The predicted molar refractivity (Wildman–Crippen MR) is 142 cm³/mol. The van der Waals surface area contributed by atoms with Crippen molar-refractivity contribution in [2.24, 2.45) is 5.92 Å². The standard InChI is InChI=1S/C28H36N4O5/c1-18-8-5-6-10-23(18)31-27(37)30-22-13-11-21(12-14-22)28(3,4)32-15-7-9-20(26(32)36)17-24(33)29-19(2)16-25(34)35/h5-6,8,10-14,19-20H,7,9,15-17H2,1-4H3,(H,29,33)(H,34,35)(H2,30,31,37)/t19-,20-/m1/s1. The second-order valence-corrected chi connectivity index (χ2v) is 10.1. The molecule has 2 aromatic carbocycles. The Kier molecular flexibility index (Phi) is 8.91. The summed E-state index contributed by atoms with van der Waals surface area (Å²) >= 11 is 0. The molecule has 1 fully saturated rings. The third kappa shape index (κ3) is 7.31. The number of urea groups is 1. The molecule has 0 aliphatic carbocycles. The summed E-state index contributed by atoms with van der Waals surface area (Å²) in [6.07, 6.45) is 1.26. The van der Waals surface area contributed by atoms with Crippen LogP contribution in [0.5, 0.6) is 0 Å². The number of carbonyl (C=O) groups excluding carboxylic acids is 3. The van der Waals surface area contributed by atoms with Gasteiger partial charge in [-0.3, -0.25) is 14.4 Å². The molecule has 0 spiro atoms. The maximum atomic E-state index is 13.3. The molecule has 1 saturated heterocycles. The summed E-state index contributed by atoms with van der Waals surface area (Å²) in [6.45, 7) is 8.07. The van der Waals surface area contributed by atoms with Crippen LogP contribution in [-0.2, 0) is 19.9 Å². The molecule has 0 saturated carbocycles. The van der Waals surface area contributed by atoms with Gasteiger partial charge in [-0.25, -0.2) is 4.79 Å². The highest BCUT2D eigenvalue weighted by Crippen LogP contribution is 2.34. The summed E-state index contributed by atoms with van der Waals surface area (Å²) in [7, 11) is 0. The number of para-hydroxylation sites is 1. The van der Waals surface area contributed by atoms with Crippen molar-refractivity contribution in [1.29, 1.82) is 0 Å². The van der Waals surface area contributed by atoms with Crippen LogP contribution in [-0.4, -0.2) is 46.4 Å². The van der Waals surface area contributed by atoms with Gasteiger partial charge in [0.15, 0.2) is 0 Å². The van der Waals surface area contributed by atoms with E-state index in [1.54, 1.807) is 19.1 Å². The van der Waals surface area contributed by atoms with Crippen LogP contribution >= 0.6 is 0 Å². The third-order valence-corrected chi connectivity index (χ3v) is 6.79. The summed E-state index contributed by atoms with van der Waals surface area (Å²) < 4.78 is 0. The van der Waals surface area contributed by atoms with E-state index in [0.29, 0.717) is 18.7 Å². The average Bonchev–Trinajstić information content (AvgIpc) is 2.81. The van der Waals surface area contributed by atoms with Crippen LogP contribution in [0, 0.1) is 12.8 Å². The molecule has 9 nitrogen and oxygen atoms in total. The molecule has 1 aliphatic heterocycles. The van der Waals surface area contributed by atoms with Gasteiger partial charge in [0.1, 0.15) is 0 Å². The van der Waals surface area contributed by atoms with E-state index in [1.807, 2.05) is 62.1 Å². The zero-order valence-electron chi connectivity index (χ0n) is 21.8. The van der Waals surface area contributed by atoms with Gasteiger partial charge < -0.3 is 26.0 Å². The highest BCUT2D eigenvalue weighted by atomic mass is 16.4. The maximum Gasteiger partial charge on any atom is 0.323 e. The minimum absolute atomic E-state index is 0.0359. The zero-order chi connectivity index (χ0) is 27.2. The Labute approximate surface area is 217 Å². The Balaban J connectivity index is 1.62. The number of rotatable bonds is 9. The number of carbonyl (C=O) groups is 4. The van der Waals surface area contributed by atoms with Gasteiger partial charge in [-0.1, -0.05) is 30.3 Å². The van der Waals surface area contributed by atoms with E-state index in [1.165, 1.54) is 0 Å². The fraction of sp³-hybridized carbons (Fsp3) is 0.429. The number of hydrogen-bond donors (Lipinski definition) is 4. The van der Waals surface area contributed by atoms with Gasteiger partial charge in [-0.2, -0.15) is 0 Å². The van der Waals surface area contributed by atoms with Crippen LogP contribution in [0.25, 0.3) is 0 Å². The number of nitrogens with one attached hydrogen (secondary N) is 3. The van der Waals surface area contributed by atoms with Crippen molar-refractivity contribution in [1.82, 2.24) is 10.2 Å². The lowest BCUT2D eigenvalue weighted by molar-refractivity contribution is -0.147. The highest BCUT2D eigenvalue weighted by Gasteiger charge is 2.39. The first-order valence-electron chi connectivity index (χ1n) is 12.5. The molecule has 9 heteroatoms. The molecular weight excluding hydrogens is 472 g/mol. The SMILES string of the molecule is Cc1ccccc1NC(=O)Nc1ccc(C(C)(C)N2CCC[C@H](CC(=O)N[C@H](C)CC(=O)O)C2=O)cc1. The molecule has 2 atom stereocenters. The number of piperidine rings is 1. The second-order valence-electron chi connectivity index (χ2n) is 10.1. The number of hydrogen-bond acceptors (Lipinski definition) is 4. The Bertz CT molecular complexity index is 1150. The van der Waals surface area contributed by atoms with Crippen LogP contribution in [0.1, 0.15) is 57.6 Å². The molecule has 37 heavy (non-hydrogen) atoms. The van der Waals surface area contributed by atoms with E-state index in [9.17, 15) is 19.2 Å². The predicted octanol–water partition coefficient (Wildman–Crippen LogP) is 4.48. The van der Waals surface area contributed by atoms with Gasteiger partial charge in [-0.15, -0.1) is 0 Å². The molecule has 0 radical (unpaired) electrons. The second kappa shape index (κ2) is 11.9. The van der Waals surface area contributed by atoms with Crippen molar-refractivity contribution in [3.63, 3.8) is 0 Å². The number of anilines is 2. The highest BCUT2D eigenvalue weighted by molar-refractivity contribution is 6.00. The van der Waals surface area contributed by atoms with Gasteiger partial charge in [0.05, 0.1) is 12.0 Å². The Morgan fingerprint density at radius 2 is 1.76 bits per heavy atom. The van der Waals surface area contributed by atoms with Gasteiger partial charge in [0, 0.05) is 36.3 Å². The van der Waals surface area contributed by atoms with Gasteiger partial charge in [0.2, 0.25) is 11.8 Å². The van der Waals surface area contributed by atoms with E-state index < -0.39 is 23.5 Å². The molecule has 4 N–H and O–H groups in total. The Morgan fingerprint density at radius 3 is 2.41 bits per heavy atom. The van der Waals surface area contributed by atoms with Crippen LogP contribution < -0.4 is 16.0 Å². The molecule has 3 rings (SSSR count). The fourth-order valence-corrected chi connectivity index (χ4v) is 4.68. The molecule has 0 unspecified atom stereocenters. The van der Waals surface area contributed by atoms with Gasteiger partial charge in [-0.05, 0) is 69.9 Å². The van der Waals surface area contributed by atoms with Crippen molar-refractivity contribution < 1.29 is 24.3 Å². The van der Waals surface area contributed by atoms with Gasteiger partial charge in [0.25, 0.3) is 0 Å². The van der Waals surface area contributed by atoms with E-state index in [-0.39, 0.29) is 30.7 Å². The summed E-state index contributed by atoms with van der Waals surface area (Å²) in [6, 6.07) is 14.1. The molecule has 1 aliphatic rings. The largest absolute Gasteiger partial charge is 0.481 e. The molecule has 4 amide bonds. The molecular formula is C28H36N4O5. The fourth-order valence-electron chi connectivity index (χ4n) is 4.68. The van der Waals surface area contributed by atoms with Crippen LogP contribution in [0.4, 0.5) is 16.2 Å². The monoisotopic (exact) mass is 508 g/mol. The van der Waals surface area contributed by atoms with Crippen LogP contribution in [0.3, 0.4) is 0 Å². The molecule has 1 heterocycles. The van der Waals surface area contributed by atoms with Gasteiger partial charge >= 0.3 is 12.0 Å². The topological polar surface area (TPSA) is 128 Å². The summed E-state index contributed by atoms with van der Waals surface area (Å²) in [5.74, 6) is -1.83. The van der Waals surface area contributed by atoms with Crippen LogP contribution in [0.2, 0.25) is 0 Å². The van der Waals surface area contributed by atoms with E-state index in [2.05, 4.69) is 16.0 Å². The third-order valence-electron chi connectivity index (χ3n) is 6.79. The summed E-state index contributed by atoms with van der Waals surface area (Å²) in [4.78, 5) is 50.8. The number of carboxylic acids is 1. The average molecular weight is 509 g/mol. The first kappa shape index (κ1) is 27.7. The van der Waals surface area contributed by atoms with Crippen molar-refractivity contribution >= 4 is 35.2 Å². The number of aryl methyl sites for hydroxylation is 1. The zero-order valence-corrected chi connectivity index (χ0v) is 21.8.